The van der Waals surface area contributed by atoms with Crippen molar-refractivity contribution >= 4 is 0 Å². The second-order valence-corrected chi connectivity index (χ2v) is 11.8. The first kappa shape index (κ1) is 30.1. The van der Waals surface area contributed by atoms with E-state index >= 15 is 0 Å². The molecule has 0 unspecified atom stereocenters. The average Bonchev–Trinajstić information content (AvgIpc) is 3.24. The molecule has 2 aliphatic heterocycles. The zero-order chi connectivity index (χ0) is 32.4. The van der Waals surface area contributed by atoms with Crippen LogP contribution in [0.25, 0.3) is 0 Å². The highest BCUT2D eigenvalue weighted by atomic mass is 16.7. The number of aromatic hydroxyl groups is 5. The molecule has 1 fully saturated rings. The molecule has 0 amide bonds. The maximum absolute atomic E-state index is 11.7. The summed E-state index contributed by atoms with van der Waals surface area (Å²) in [7, 11) is 0. The van der Waals surface area contributed by atoms with E-state index in [4.69, 9.17) is 14.2 Å². The summed E-state index contributed by atoms with van der Waals surface area (Å²) in [5.74, 6) is -2.09. The standard InChI is InChI=1S/C34H32O12/c35-13-24-29(41)30(42)31(43)34(45-24)44-19-11-21-27(23(40)12-19)28-20-9-18(38)10-22(39)26(20)25(14-1-5-16(36)6-2-14)33(21)46-32(28)15-3-7-17(37)8-4-15/h1-12,24-25,28-43H,13H2/t24-,25-,28+,29-,30+,31-,32+,33+,34-/m1/s1. The summed E-state index contributed by atoms with van der Waals surface area (Å²) in [4.78, 5) is 0. The molecular weight excluding hydrogens is 600 g/mol. The number of hydrogen-bond acceptors (Lipinski definition) is 12. The molecule has 0 aromatic heterocycles. The van der Waals surface area contributed by atoms with Gasteiger partial charge in [-0.1, -0.05) is 24.3 Å². The van der Waals surface area contributed by atoms with Crippen LogP contribution in [0.15, 0.2) is 72.8 Å². The van der Waals surface area contributed by atoms with Crippen LogP contribution in [0, 0.1) is 0 Å². The Labute approximate surface area is 262 Å². The smallest absolute Gasteiger partial charge is 0.229 e. The molecule has 0 spiro atoms. The molecule has 0 radical (unpaired) electrons. The minimum Gasteiger partial charge on any atom is -0.508 e. The van der Waals surface area contributed by atoms with Crippen molar-refractivity contribution in [2.24, 2.45) is 0 Å². The van der Waals surface area contributed by atoms with Crippen molar-refractivity contribution in [3.8, 4) is 34.5 Å². The SMILES string of the molecule is OC[C@H]1O[C@@H](Oc2cc(O)c3c(c2)[C@@H]2O[C@@H](c4ccc(O)cc4)[C@H]3c3cc(O)cc(O)c3[C@H]2c2ccc(O)cc2)[C@H](O)[C@@H](O)[C@@H]1O. The molecule has 9 atom stereocenters. The van der Waals surface area contributed by atoms with Crippen molar-refractivity contribution in [3.63, 3.8) is 0 Å². The van der Waals surface area contributed by atoms with E-state index in [2.05, 4.69) is 0 Å². The Bertz CT molecular complexity index is 1760. The highest BCUT2D eigenvalue weighted by Gasteiger charge is 2.50. The lowest BCUT2D eigenvalue weighted by molar-refractivity contribution is -0.277. The van der Waals surface area contributed by atoms with E-state index in [9.17, 15) is 46.0 Å². The predicted octanol–water partition coefficient (Wildman–Crippen LogP) is 2.48. The van der Waals surface area contributed by atoms with Crippen molar-refractivity contribution in [2.45, 2.75) is 54.7 Å². The molecule has 0 saturated carbocycles. The highest BCUT2D eigenvalue weighted by Crippen LogP contribution is 2.63. The van der Waals surface area contributed by atoms with Gasteiger partial charge in [-0.15, -0.1) is 0 Å². The molecule has 2 heterocycles. The van der Waals surface area contributed by atoms with Gasteiger partial charge < -0.3 is 60.2 Å². The summed E-state index contributed by atoms with van der Waals surface area (Å²) in [6.45, 7) is -0.653. The molecule has 2 bridgehead atoms. The van der Waals surface area contributed by atoms with Crippen LogP contribution in [-0.2, 0) is 9.47 Å². The third-order valence-corrected chi connectivity index (χ3v) is 9.08. The van der Waals surface area contributed by atoms with Gasteiger partial charge in [0.1, 0.15) is 58.9 Å². The summed E-state index contributed by atoms with van der Waals surface area (Å²) in [5.41, 5.74) is 3.08. The van der Waals surface area contributed by atoms with Crippen molar-refractivity contribution in [1.29, 1.82) is 0 Å². The van der Waals surface area contributed by atoms with E-state index in [1.165, 1.54) is 42.5 Å². The number of ether oxygens (including phenoxy) is 3. The quantitative estimate of drug-likeness (QED) is 0.155. The van der Waals surface area contributed by atoms with E-state index in [0.29, 0.717) is 33.4 Å². The Morgan fingerprint density at radius 2 is 1.17 bits per heavy atom. The van der Waals surface area contributed by atoms with Crippen molar-refractivity contribution in [2.75, 3.05) is 6.61 Å². The van der Waals surface area contributed by atoms with Crippen molar-refractivity contribution in [1.82, 2.24) is 0 Å². The highest BCUT2D eigenvalue weighted by molar-refractivity contribution is 5.64. The van der Waals surface area contributed by atoms with Crippen LogP contribution in [-0.4, -0.2) is 83.3 Å². The minimum atomic E-state index is -1.70. The third kappa shape index (κ3) is 4.87. The summed E-state index contributed by atoms with van der Waals surface area (Å²) in [6.07, 6.45) is -9.37. The lowest BCUT2D eigenvalue weighted by Crippen LogP contribution is -2.60. The number of benzene rings is 4. The number of rotatable bonds is 5. The van der Waals surface area contributed by atoms with Gasteiger partial charge in [0.2, 0.25) is 6.29 Å². The molecule has 4 aromatic carbocycles. The number of phenols is 5. The molecule has 12 nitrogen and oxygen atoms in total. The lowest BCUT2D eigenvalue weighted by Gasteiger charge is -2.40. The van der Waals surface area contributed by atoms with E-state index in [1.54, 1.807) is 30.3 Å². The van der Waals surface area contributed by atoms with E-state index < -0.39 is 61.4 Å². The fourth-order valence-corrected chi connectivity index (χ4v) is 6.96. The Kier molecular flexibility index (Phi) is 7.43. The fourth-order valence-electron chi connectivity index (χ4n) is 6.96. The van der Waals surface area contributed by atoms with Gasteiger partial charge in [-0.2, -0.15) is 0 Å². The topological polar surface area (TPSA) is 210 Å². The second-order valence-electron chi connectivity index (χ2n) is 11.8. The summed E-state index contributed by atoms with van der Waals surface area (Å²) < 4.78 is 18.2. The molecule has 9 N–H and O–H groups in total. The molecule has 1 aliphatic carbocycles. The first-order valence-corrected chi connectivity index (χ1v) is 14.7. The minimum absolute atomic E-state index is 0.0125. The van der Waals surface area contributed by atoms with Crippen LogP contribution in [0.5, 0.6) is 34.5 Å². The first-order chi connectivity index (χ1) is 22.0. The number of phenolic OH excluding ortho intramolecular Hbond substituents is 5. The maximum Gasteiger partial charge on any atom is 0.229 e. The average molecular weight is 633 g/mol. The molecule has 240 valence electrons. The Balaban J connectivity index is 1.42. The van der Waals surface area contributed by atoms with Gasteiger partial charge in [-0.3, -0.25) is 0 Å². The zero-order valence-electron chi connectivity index (χ0n) is 24.1. The monoisotopic (exact) mass is 632 g/mol. The fraction of sp³-hybridized carbons (Fsp3) is 0.294. The Morgan fingerprint density at radius 3 is 1.83 bits per heavy atom. The van der Waals surface area contributed by atoms with Gasteiger partial charge in [0.25, 0.3) is 0 Å². The lowest BCUT2D eigenvalue weighted by atomic mass is 9.79. The van der Waals surface area contributed by atoms with Crippen molar-refractivity contribution in [3.05, 3.63) is 106 Å². The molecule has 7 rings (SSSR count). The van der Waals surface area contributed by atoms with Crippen LogP contribution < -0.4 is 4.74 Å². The van der Waals surface area contributed by atoms with Crippen molar-refractivity contribution < 1.29 is 60.2 Å². The summed E-state index contributed by atoms with van der Waals surface area (Å²) >= 11 is 0. The van der Waals surface area contributed by atoms with Gasteiger partial charge in [0.15, 0.2) is 0 Å². The Morgan fingerprint density at radius 1 is 0.565 bits per heavy atom. The number of hydrogen-bond donors (Lipinski definition) is 9. The molecular formula is C34H32O12. The zero-order valence-corrected chi connectivity index (χ0v) is 24.1. The molecule has 3 aliphatic rings. The van der Waals surface area contributed by atoms with Crippen LogP contribution in [0.4, 0.5) is 0 Å². The van der Waals surface area contributed by atoms with Crippen LogP contribution in [0.2, 0.25) is 0 Å². The largest absolute Gasteiger partial charge is 0.508 e. The van der Waals surface area contributed by atoms with Gasteiger partial charge in [0.05, 0.1) is 18.8 Å². The predicted molar refractivity (Wildman–Crippen MR) is 159 cm³/mol. The maximum atomic E-state index is 11.7. The Hall–Kier alpha value is -4.56. The normalized spacial score (nSPS) is 29.9. The number of aliphatic hydroxyl groups excluding tert-OH is 4. The van der Waals surface area contributed by atoms with E-state index in [-0.39, 0.29) is 34.5 Å². The number of fused-ring (bicyclic) bond motifs is 2. The third-order valence-electron chi connectivity index (χ3n) is 9.08. The van der Waals surface area contributed by atoms with Gasteiger partial charge in [-0.05, 0) is 58.7 Å². The van der Waals surface area contributed by atoms with Crippen LogP contribution >= 0.6 is 0 Å². The first-order valence-electron chi connectivity index (χ1n) is 14.7. The molecule has 12 heteroatoms. The molecule has 4 aromatic rings. The van der Waals surface area contributed by atoms with E-state index in [0.717, 1.165) is 0 Å². The van der Waals surface area contributed by atoms with Gasteiger partial charge >= 0.3 is 0 Å². The van der Waals surface area contributed by atoms with Gasteiger partial charge in [0, 0.05) is 35.1 Å². The second kappa shape index (κ2) is 11.4. The van der Waals surface area contributed by atoms with E-state index in [1.807, 2.05) is 0 Å². The van der Waals surface area contributed by atoms with Crippen LogP contribution in [0.3, 0.4) is 0 Å². The van der Waals surface area contributed by atoms with Crippen LogP contribution in [0.1, 0.15) is 57.4 Å². The molecule has 1 saturated heterocycles. The number of aliphatic hydroxyl groups is 4. The van der Waals surface area contributed by atoms with Gasteiger partial charge in [-0.25, -0.2) is 0 Å². The summed E-state index contributed by atoms with van der Waals surface area (Å²) in [6, 6.07) is 18.4. The molecule has 46 heavy (non-hydrogen) atoms. The summed E-state index contributed by atoms with van der Waals surface area (Å²) in [5, 5.41) is 94.4.